The summed E-state index contributed by atoms with van der Waals surface area (Å²) < 4.78 is 79.4. The minimum atomic E-state index is -4.69. The molecule has 7 nitrogen and oxygen atoms in total. The van der Waals surface area contributed by atoms with Gasteiger partial charge < -0.3 is 15.2 Å². The summed E-state index contributed by atoms with van der Waals surface area (Å²) in [7, 11) is 0. The monoisotopic (exact) mass is 579 g/mol. The van der Waals surface area contributed by atoms with Crippen molar-refractivity contribution in [2.24, 2.45) is 5.73 Å². The van der Waals surface area contributed by atoms with Gasteiger partial charge in [-0.2, -0.15) is 0 Å². The smallest absolute Gasteiger partial charge is 0.406 e. The number of nitrogens with zero attached hydrogens (tertiary/aromatic N) is 4. The Balaban J connectivity index is 0.000000260. The van der Waals surface area contributed by atoms with Crippen molar-refractivity contribution in [1.29, 1.82) is 0 Å². The number of alkyl halides is 6. The highest BCUT2D eigenvalue weighted by Gasteiger charge is 2.31. The van der Waals surface area contributed by atoms with E-state index in [1.165, 1.54) is 67.3 Å². The topological polar surface area (TPSA) is 96.0 Å². The van der Waals surface area contributed by atoms with Gasteiger partial charge in [0, 0.05) is 23.7 Å². The van der Waals surface area contributed by atoms with Gasteiger partial charge in [0.1, 0.15) is 29.3 Å². The van der Waals surface area contributed by atoms with Crippen LogP contribution in [0.4, 0.5) is 26.3 Å². The Morgan fingerprint density at radius 3 is 1.47 bits per heavy atom. The van der Waals surface area contributed by atoms with Crippen LogP contribution in [0.5, 0.6) is 11.5 Å². The van der Waals surface area contributed by atoms with Gasteiger partial charge in [-0.05, 0) is 54.6 Å². The molecule has 0 aliphatic carbocycles. The van der Waals surface area contributed by atoms with Gasteiger partial charge in [-0.25, -0.2) is 19.9 Å². The predicted octanol–water partition coefficient (Wildman–Crippen LogP) is 6.62. The van der Waals surface area contributed by atoms with E-state index in [9.17, 15) is 26.3 Å². The van der Waals surface area contributed by atoms with Crippen LogP contribution >= 0.6 is 24.0 Å². The molecule has 0 atom stereocenters. The number of nitrogens with two attached hydrogens (primary N) is 1. The number of hydrogen-bond acceptors (Lipinski definition) is 7. The summed E-state index contributed by atoms with van der Waals surface area (Å²) in [5.41, 5.74) is 8.50. The maximum absolute atomic E-state index is 12.0. The number of aromatic nitrogens is 4. The van der Waals surface area contributed by atoms with Gasteiger partial charge >= 0.3 is 12.7 Å². The molecule has 38 heavy (non-hydrogen) atoms. The van der Waals surface area contributed by atoms with E-state index in [1.807, 2.05) is 0 Å². The van der Waals surface area contributed by atoms with E-state index < -0.39 is 12.7 Å². The Labute approximate surface area is 223 Å². The second kappa shape index (κ2) is 13.2. The maximum Gasteiger partial charge on any atom is 0.573 e. The number of halogens is 8. The van der Waals surface area contributed by atoms with Gasteiger partial charge in [0.15, 0.2) is 0 Å². The van der Waals surface area contributed by atoms with Crippen LogP contribution in [0.15, 0.2) is 73.3 Å². The quantitative estimate of drug-likeness (QED) is 0.210. The molecule has 0 fully saturated rings. The minimum Gasteiger partial charge on any atom is -0.406 e. The third kappa shape index (κ3) is 10.00. The Hall–Kier alpha value is -3.68. The fraction of sp³-hybridized carbons (Fsp3) is 0.130. The van der Waals surface area contributed by atoms with E-state index in [0.29, 0.717) is 28.2 Å². The van der Waals surface area contributed by atoms with E-state index in [-0.39, 0.29) is 35.6 Å². The number of ether oxygens (including phenoxy) is 2. The largest absolute Gasteiger partial charge is 0.573 e. The summed E-state index contributed by atoms with van der Waals surface area (Å²) in [5.74, 6) is -0.559. The second-order valence-corrected chi connectivity index (χ2v) is 7.36. The van der Waals surface area contributed by atoms with Crippen molar-refractivity contribution in [2.75, 3.05) is 0 Å². The summed E-state index contributed by atoms with van der Waals surface area (Å²) in [6.07, 6.45) is -6.75. The van der Waals surface area contributed by atoms with Crippen molar-refractivity contribution in [3.05, 3.63) is 84.2 Å². The molecule has 2 heterocycles. The molecule has 15 heteroatoms. The first-order valence-corrected chi connectivity index (χ1v) is 10.5. The van der Waals surface area contributed by atoms with Crippen molar-refractivity contribution >= 4 is 24.0 Å². The lowest BCUT2D eigenvalue weighted by Crippen LogP contribution is -2.16. The van der Waals surface area contributed by atoms with Crippen LogP contribution in [0.25, 0.3) is 22.5 Å². The Bertz CT molecular complexity index is 1310. The lowest BCUT2D eigenvalue weighted by atomic mass is 10.1. The number of hydrogen-bond donors (Lipinski definition) is 1. The highest BCUT2D eigenvalue weighted by atomic mass is 35.5. The van der Waals surface area contributed by atoms with Crippen molar-refractivity contribution < 1.29 is 35.8 Å². The highest BCUT2D eigenvalue weighted by Crippen LogP contribution is 2.27. The number of rotatable bonds is 5. The fourth-order valence-electron chi connectivity index (χ4n) is 2.81. The molecule has 0 aliphatic rings. The first-order chi connectivity index (χ1) is 17.4. The molecule has 0 amide bonds. The standard InChI is InChI=1S/C12H10F3N3O.C11H6ClF3N2O.ClH/c13-12(14,15)19-10-3-1-8(2-4-10)11-5-9(6-16)17-7-18-11;12-10-5-9(16-6-17-10)7-1-3-8(4-2-7)18-11(13,14)15;/h1-5,7H,6,16H2;1-6H;1H. The Morgan fingerprint density at radius 2 is 1.08 bits per heavy atom. The molecule has 0 bridgehead atoms. The molecule has 4 rings (SSSR count). The van der Waals surface area contributed by atoms with Crippen molar-refractivity contribution in [1.82, 2.24) is 19.9 Å². The molecule has 0 unspecified atom stereocenters. The fourth-order valence-corrected chi connectivity index (χ4v) is 2.96. The molecular formula is C23H17Cl2F6N5O2. The minimum absolute atomic E-state index is 0. The average Bonchev–Trinajstić information content (AvgIpc) is 2.83. The number of benzene rings is 2. The summed E-state index contributed by atoms with van der Waals surface area (Å²) in [4.78, 5) is 15.6. The lowest BCUT2D eigenvalue weighted by molar-refractivity contribution is -0.275. The van der Waals surface area contributed by atoms with E-state index >= 15 is 0 Å². The Kier molecular flexibility index (Phi) is 10.6. The summed E-state index contributed by atoms with van der Waals surface area (Å²) in [6.45, 7) is 0.269. The van der Waals surface area contributed by atoms with Gasteiger partial charge in [-0.3, -0.25) is 0 Å². The highest BCUT2D eigenvalue weighted by molar-refractivity contribution is 6.29. The first-order valence-electron chi connectivity index (χ1n) is 10.1. The average molecular weight is 580 g/mol. The van der Waals surface area contributed by atoms with Crippen molar-refractivity contribution in [3.8, 4) is 34.0 Å². The van der Waals surface area contributed by atoms with Crippen LogP contribution in [0, 0.1) is 0 Å². The molecule has 0 spiro atoms. The van der Waals surface area contributed by atoms with E-state index in [2.05, 4.69) is 29.4 Å². The molecule has 2 N–H and O–H groups in total. The van der Waals surface area contributed by atoms with Gasteiger partial charge in [0.2, 0.25) is 0 Å². The van der Waals surface area contributed by atoms with Gasteiger partial charge in [-0.15, -0.1) is 38.7 Å². The van der Waals surface area contributed by atoms with E-state index in [1.54, 1.807) is 6.07 Å². The molecule has 2 aromatic heterocycles. The molecule has 0 radical (unpaired) electrons. The first kappa shape index (κ1) is 30.5. The molecule has 2 aromatic carbocycles. The van der Waals surface area contributed by atoms with E-state index in [4.69, 9.17) is 17.3 Å². The SMILES string of the molecule is Cl.FC(F)(F)Oc1ccc(-c2cc(Cl)ncn2)cc1.NCc1cc(-c2ccc(OC(F)(F)F)cc2)ncn1. The zero-order valence-electron chi connectivity index (χ0n) is 18.9. The zero-order chi connectivity index (χ0) is 27.1. The van der Waals surface area contributed by atoms with Crippen LogP contribution in [-0.4, -0.2) is 32.7 Å². The predicted molar refractivity (Wildman–Crippen MR) is 128 cm³/mol. The molecule has 202 valence electrons. The van der Waals surface area contributed by atoms with Gasteiger partial charge in [0.05, 0.1) is 17.1 Å². The molecule has 0 aliphatic heterocycles. The van der Waals surface area contributed by atoms with Gasteiger partial charge in [-0.1, -0.05) is 11.6 Å². The van der Waals surface area contributed by atoms with Crippen molar-refractivity contribution in [2.45, 2.75) is 19.3 Å². The van der Waals surface area contributed by atoms with Crippen LogP contribution in [0.3, 0.4) is 0 Å². The Morgan fingerprint density at radius 1 is 0.658 bits per heavy atom. The molecule has 0 saturated carbocycles. The van der Waals surface area contributed by atoms with Gasteiger partial charge in [0.25, 0.3) is 0 Å². The maximum atomic E-state index is 12.0. The molecular weight excluding hydrogens is 563 g/mol. The summed E-state index contributed by atoms with van der Waals surface area (Å²) >= 11 is 5.69. The second-order valence-electron chi connectivity index (χ2n) is 6.97. The van der Waals surface area contributed by atoms with Crippen LogP contribution in [0.1, 0.15) is 5.69 Å². The lowest BCUT2D eigenvalue weighted by Gasteiger charge is -2.09. The van der Waals surface area contributed by atoms with Crippen molar-refractivity contribution in [3.63, 3.8) is 0 Å². The third-order valence-corrected chi connectivity index (χ3v) is 4.54. The van der Waals surface area contributed by atoms with E-state index in [0.717, 1.165) is 0 Å². The van der Waals surface area contributed by atoms with Crippen LogP contribution in [-0.2, 0) is 6.54 Å². The molecule has 0 saturated heterocycles. The molecule has 4 aromatic rings. The summed E-state index contributed by atoms with van der Waals surface area (Å²) in [6, 6.07) is 14.0. The van der Waals surface area contributed by atoms with Crippen LogP contribution < -0.4 is 15.2 Å². The summed E-state index contributed by atoms with van der Waals surface area (Å²) in [5, 5.41) is 0.260. The third-order valence-electron chi connectivity index (χ3n) is 4.33. The zero-order valence-corrected chi connectivity index (χ0v) is 20.4. The normalized spacial score (nSPS) is 11.1. The van der Waals surface area contributed by atoms with Crippen LogP contribution in [0.2, 0.25) is 5.15 Å².